The third-order valence-corrected chi connectivity index (χ3v) is 2.08. The highest BCUT2D eigenvalue weighted by Gasteiger charge is 2.11. The van der Waals surface area contributed by atoms with Crippen LogP contribution in [0.4, 0.5) is 4.39 Å². The topological polar surface area (TPSA) is 57.0 Å². The quantitative estimate of drug-likeness (QED) is 0.731. The Bertz CT molecular complexity index is 525. The van der Waals surface area contributed by atoms with Crippen molar-refractivity contribution >= 4 is 6.29 Å². The van der Waals surface area contributed by atoms with Crippen molar-refractivity contribution in [3.8, 4) is 11.4 Å². The second-order valence-corrected chi connectivity index (χ2v) is 3.00. The molecule has 2 aromatic heterocycles. The minimum absolute atomic E-state index is 0.0826. The van der Waals surface area contributed by atoms with E-state index in [0.29, 0.717) is 12.0 Å². The fourth-order valence-electron chi connectivity index (χ4n) is 1.28. The standard InChI is InChI=1S/C10H8FN3O2/c1-16-7-2-13-14(5-7)10-4-12-3-9(11)8(10)6-15/h2-6H,1H3. The molecule has 2 aromatic rings. The van der Waals surface area contributed by atoms with Crippen LogP contribution in [0.5, 0.6) is 5.75 Å². The molecule has 0 N–H and O–H groups in total. The van der Waals surface area contributed by atoms with Crippen LogP contribution in [0.3, 0.4) is 0 Å². The summed E-state index contributed by atoms with van der Waals surface area (Å²) in [6.45, 7) is 0. The number of ether oxygens (including phenoxy) is 1. The number of aldehydes is 1. The molecule has 0 atom stereocenters. The zero-order chi connectivity index (χ0) is 11.5. The maximum absolute atomic E-state index is 13.3. The molecule has 0 aliphatic carbocycles. The fourth-order valence-corrected chi connectivity index (χ4v) is 1.28. The predicted molar refractivity (Wildman–Crippen MR) is 53.3 cm³/mol. The van der Waals surface area contributed by atoms with Crippen molar-refractivity contribution in [2.75, 3.05) is 7.11 Å². The van der Waals surface area contributed by atoms with E-state index in [9.17, 15) is 9.18 Å². The van der Waals surface area contributed by atoms with Gasteiger partial charge in [0.15, 0.2) is 17.9 Å². The first-order valence-electron chi connectivity index (χ1n) is 4.44. The first-order valence-corrected chi connectivity index (χ1v) is 4.44. The third kappa shape index (κ3) is 1.65. The van der Waals surface area contributed by atoms with E-state index in [1.807, 2.05) is 0 Å². The van der Waals surface area contributed by atoms with Gasteiger partial charge < -0.3 is 4.74 Å². The summed E-state index contributed by atoms with van der Waals surface area (Å²) in [7, 11) is 1.49. The highest BCUT2D eigenvalue weighted by atomic mass is 19.1. The number of carbonyl (C=O) groups is 1. The van der Waals surface area contributed by atoms with Crippen LogP contribution in [0, 0.1) is 5.82 Å². The summed E-state index contributed by atoms with van der Waals surface area (Å²) in [4.78, 5) is 14.4. The molecule has 0 spiro atoms. The van der Waals surface area contributed by atoms with E-state index in [0.717, 1.165) is 6.20 Å². The lowest BCUT2D eigenvalue weighted by Gasteiger charge is -2.03. The number of methoxy groups -OCH3 is 1. The lowest BCUT2D eigenvalue weighted by molar-refractivity contribution is 0.111. The predicted octanol–water partition coefficient (Wildman–Crippen LogP) is 1.23. The lowest BCUT2D eigenvalue weighted by Crippen LogP contribution is -2.03. The summed E-state index contributed by atoms with van der Waals surface area (Å²) < 4.78 is 19.5. The van der Waals surface area contributed by atoms with Gasteiger partial charge >= 0.3 is 0 Å². The van der Waals surface area contributed by atoms with Crippen molar-refractivity contribution in [3.63, 3.8) is 0 Å². The Morgan fingerprint density at radius 3 is 2.88 bits per heavy atom. The van der Waals surface area contributed by atoms with Crippen LogP contribution in [0.25, 0.3) is 5.69 Å². The molecule has 0 radical (unpaired) electrons. The second kappa shape index (κ2) is 4.09. The van der Waals surface area contributed by atoms with Crippen LogP contribution in [0.2, 0.25) is 0 Å². The molecule has 2 heterocycles. The summed E-state index contributed by atoms with van der Waals surface area (Å²) in [5.41, 5.74) is 0.194. The summed E-state index contributed by atoms with van der Waals surface area (Å²) >= 11 is 0. The van der Waals surface area contributed by atoms with Crippen molar-refractivity contribution in [3.05, 3.63) is 36.2 Å². The van der Waals surface area contributed by atoms with Crippen LogP contribution >= 0.6 is 0 Å². The molecule has 0 aliphatic heterocycles. The summed E-state index contributed by atoms with van der Waals surface area (Å²) in [5, 5.41) is 3.93. The molecule has 0 saturated heterocycles. The van der Waals surface area contributed by atoms with Gasteiger partial charge in [0, 0.05) is 0 Å². The molecule has 5 nitrogen and oxygen atoms in total. The van der Waals surface area contributed by atoms with Crippen LogP contribution in [0.1, 0.15) is 10.4 Å². The molecule has 0 aromatic carbocycles. The number of pyridine rings is 1. The van der Waals surface area contributed by atoms with Crippen LogP contribution in [-0.2, 0) is 0 Å². The minimum atomic E-state index is -0.679. The van der Waals surface area contributed by atoms with Gasteiger partial charge in [-0.25, -0.2) is 9.07 Å². The summed E-state index contributed by atoms with van der Waals surface area (Å²) in [6, 6.07) is 0. The molecule has 0 bridgehead atoms. The Kier molecular flexibility index (Phi) is 2.63. The molecule has 6 heteroatoms. The number of carbonyl (C=O) groups excluding carboxylic acids is 1. The Morgan fingerprint density at radius 2 is 2.25 bits per heavy atom. The summed E-state index contributed by atoms with van der Waals surface area (Å²) in [6.07, 6.45) is 5.76. The van der Waals surface area contributed by atoms with Crippen molar-refractivity contribution in [2.45, 2.75) is 0 Å². The smallest absolute Gasteiger partial charge is 0.157 e. The summed E-state index contributed by atoms with van der Waals surface area (Å²) in [5.74, 6) is -0.164. The zero-order valence-corrected chi connectivity index (χ0v) is 8.42. The molecule has 0 saturated carbocycles. The molecular formula is C10H8FN3O2. The maximum Gasteiger partial charge on any atom is 0.157 e. The second-order valence-electron chi connectivity index (χ2n) is 3.00. The SMILES string of the molecule is COc1cnn(-c2cncc(F)c2C=O)c1. The van der Waals surface area contributed by atoms with E-state index in [4.69, 9.17) is 4.74 Å². The van der Waals surface area contributed by atoms with Crippen LogP contribution in [0.15, 0.2) is 24.8 Å². The zero-order valence-electron chi connectivity index (χ0n) is 8.42. The van der Waals surface area contributed by atoms with Gasteiger partial charge in [0.25, 0.3) is 0 Å². The fraction of sp³-hybridized carbons (Fsp3) is 0.100. The normalized spacial score (nSPS) is 10.1. The Hall–Kier alpha value is -2.24. The van der Waals surface area contributed by atoms with Crippen molar-refractivity contribution < 1.29 is 13.9 Å². The Morgan fingerprint density at radius 1 is 1.44 bits per heavy atom. The third-order valence-electron chi connectivity index (χ3n) is 2.08. The molecule has 2 rings (SSSR count). The maximum atomic E-state index is 13.3. The van der Waals surface area contributed by atoms with Gasteiger partial charge in [-0.2, -0.15) is 5.10 Å². The van der Waals surface area contributed by atoms with E-state index < -0.39 is 5.82 Å². The first kappa shape index (κ1) is 10.3. The Balaban J connectivity index is 2.54. The van der Waals surface area contributed by atoms with Gasteiger partial charge in [0.2, 0.25) is 0 Å². The molecule has 0 aliphatic rings. The van der Waals surface area contributed by atoms with E-state index in [1.54, 1.807) is 0 Å². The number of nitrogens with zero attached hydrogens (tertiary/aromatic N) is 3. The van der Waals surface area contributed by atoms with E-state index in [2.05, 4.69) is 10.1 Å². The van der Waals surface area contributed by atoms with Crippen LogP contribution in [-0.4, -0.2) is 28.2 Å². The molecule has 0 unspecified atom stereocenters. The number of hydrogen-bond acceptors (Lipinski definition) is 4. The largest absolute Gasteiger partial charge is 0.493 e. The number of rotatable bonds is 3. The van der Waals surface area contributed by atoms with Gasteiger partial charge in [-0.15, -0.1) is 0 Å². The Labute approximate surface area is 90.5 Å². The average molecular weight is 221 g/mol. The van der Waals surface area contributed by atoms with E-state index in [-0.39, 0.29) is 11.3 Å². The average Bonchev–Trinajstić information content (AvgIpc) is 2.77. The van der Waals surface area contributed by atoms with Gasteiger partial charge in [0.1, 0.15) is 0 Å². The van der Waals surface area contributed by atoms with E-state index in [1.165, 1.54) is 30.4 Å². The molecular weight excluding hydrogens is 213 g/mol. The van der Waals surface area contributed by atoms with Crippen LogP contribution < -0.4 is 4.74 Å². The monoisotopic (exact) mass is 221 g/mol. The van der Waals surface area contributed by atoms with Gasteiger partial charge in [0.05, 0.1) is 43.1 Å². The highest BCUT2D eigenvalue weighted by molar-refractivity contribution is 5.80. The number of hydrogen-bond donors (Lipinski definition) is 0. The highest BCUT2D eigenvalue weighted by Crippen LogP contribution is 2.17. The van der Waals surface area contributed by atoms with Gasteiger partial charge in [-0.05, 0) is 0 Å². The number of halogens is 1. The molecule has 0 amide bonds. The molecule has 16 heavy (non-hydrogen) atoms. The molecule has 0 fully saturated rings. The van der Waals surface area contributed by atoms with Gasteiger partial charge in [-0.1, -0.05) is 0 Å². The van der Waals surface area contributed by atoms with Crippen molar-refractivity contribution in [2.24, 2.45) is 0 Å². The number of aromatic nitrogens is 3. The van der Waals surface area contributed by atoms with Crippen molar-refractivity contribution in [1.82, 2.24) is 14.8 Å². The molecule has 82 valence electrons. The van der Waals surface area contributed by atoms with E-state index >= 15 is 0 Å². The van der Waals surface area contributed by atoms with Gasteiger partial charge in [-0.3, -0.25) is 9.78 Å². The lowest BCUT2D eigenvalue weighted by atomic mass is 10.2. The first-order chi connectivity index (χ1) is 7.76. The van der Waals surface area contributed by atoms with Crippen molar-refractivity contribution in [1.29, 1.82) is 0 Å². The minimum Gasteiger partial charge on any atom is -0.493 e.